The molecule has 1 fully saturated rings. The minimum atomic E-state index is 0.0580. The number of hydrogen-bond donors (Lipinski definition) is 2. The highest BCUT2D eigenvalue weighted by molar-refractivity contribution is 5.40. The molecule has 19 heavy (non-hydrogen) atoms. The van der Waals surface area contributed by atoms with Crippen LogP contribution in [-0.4, -0.2) is 48.8 Å². The van der Waals surface area contributed by atoms with Crippen LogP contribution in [0.1, 0.15) is 12.8 Å². The summed E-state index contributed by atoms with van der Waals surface area (Å²) in [7, 11) is 0. The molecule has 0 unspecified atom stereocenters. The molecule has 0 spiro atoms. The van der Waals surface area contributed by atoms with E-state index in [4.69, 9.17) is 10.8 Å². The Morgan fingerprint density at radius 3 is 2.84 bits per heavy atom. The number of nitrogens with two attached hydrogens (primary N) is 1. The summed E-state index contributed by atoms with van der Waals surface area (Å²) in [5.41, 5.74) is 5.73. The second-order valence-electron chi connectivity index (χ2n) is 4.41. The third-order valence-electron chi connectivity index (χ3n) is 2.95. The lowest BCUT2D eigenvalue weighted by Crippen LogP contribution is -2.31. The van der Waals surface area contributed by atoms with Crippen molar-refractivity contribution >= 4 is 11.9 Å². The molecule has 3 rings (SSSR count). The van der Waals surface area contributed by atoms with Gasteiger partial charge in [0.05, 0.1) is 6.61 Å². The van der Waals surface area contributed by atoms with Crippen molar-refractivity contribution in [1.29, 1.82) is 0 Å². The molecule has 2 aromatic heterocycles. The molecule has 0 atom stereocenters. The number of rotatable bonds is 5. The van der Waals surface area contributed by atoms with Gasteiger partial charge in [-0.15, -0.1) is 0 Å². The molecule has 0 saturated heterocycles. The number of nitrogens with zero attached hydrogens (tertiary/aromatic N) is 6. The van der Waals surface area contributed by atoms with Gasteiger partial charge in [0.1, 0.15) is 6.33 Å². The van der Waals surface area contributed by atoms with Crippen molar-refractivity contribution in [2.24, 2.45) is 0 Å². The van der Waals surface area contributed by atoms with Gasteiger partial charge >= 0.3 is 0 Å². The predicted octanol–water partition coefficient (Wildman–Crippen LogP) is -0.399. The van der Waals surface area contributed by atoms with E-state index < -0.39 is 0 Å². The van der Waals surface area contributed by atoms with Gasteiger partial charge in [0.15, 0.2) is 0 Å². The number of aliphatic hydroxyl groups is 1. The highest BCUT2D eigenvalue weighted by Gasteiger charge is 2.31. The Morgan fingerprint density at radius 1 is 1.37 bits per heavy atom. The minimum Gasteiger partial charge on any atom is -0.395 e. The first-order valence-electron chi connectivity index (χ1n) is 6.15. The van der Waals surface area contributed by atoms with Gasteiger partial charge in [-0.2, -0.15) is 15.0 Å². The van der Waals surface area contributed by atoms with Crippen molar-refractivity contribution < 1.29 is 5.11 Å². The van der Waals surface area contributed by atoms with E-state index in [1.54, 1.807) is 23.3 Å². The van der Waals surface area contributed by atoms with Crippen LogP contribution >= 0.6 is 0 Å². The first-order chi connectivity index (χ1) is 9.28. The Balaban J connectivity index is 1.96. The van der Waals surface area contributed by atoms with E-state index >= 15 is 0 Å². The zero-order valence-corrected chi connectivity index (χ0v) is 10.3. The normalized spacial score (nSPS) is 14.6. The second kappa shape index (κ2) is 4.81. The van der Waals surface area contributed by atoms with Crippen LogP contribution in [0.5, 0.6) is 0 Å². The Labute approximate surface area is 109 Å². The van der Waals surface area contributed by atoms with Crippen molar-refractivity contribution in [3.8, 4) is 5.95 Å². The fourth-order valence-corrected chi connectivity index (χ4v) is 1.93. The molecule has 0 aliphatic heterocycles. The first kappa shape index (κ1) is 11.8. The topological polar surface area (TPSA) is 106 Å². The van der Waals surface area contributed by atoms with Crippen LogP contribution in [0.4, 0.5) is 11.9 Å². The van der Waals surface area contributed by atoms with Gasteiger partial charge in [0.2, 0.25) is 17.8 Å². The van der Waals surface area contributed by atoms with E-state index in [-0.39, 0.29) is 12.6 Å². The van der Waals surface area contributed by atoms with Gasteiger partial charge in [-0.25, -0.2) is 4.98 Å². The van der Waals surface area contributed by atoms with Crippen molar-refractivity contribution in [2.75, 3.05) is 23.8 Å². The maximum atomic E-state index is 9.14. The largest absolute Gasteiger partial charge is 0.395 e. The molecule has 0 radical (unpaired) electrons. The molecule has 0 aromatic carbocycles. The predicted molar refractivity (Wildman–Crippen MR) is 68.8 cm³/mol. The lowest BCUT2D eigenvalue weighted by molar-refractivity contribution is 0.300. The van der Waals surface area contributed by atoms with E-state index in [9.17, 15) is 0 Å². The minimum absolute atomic E-state index is 0.0580. The smallest absolute Gasteiger partial charge is 0.241 e. The Hall–Kier alpha value is -2.22. The molecular weight excluding hydrogens is 246 g/mol. The zero-order chi connectivity index (χ0) is 13.2. The quantitative estimate of drug-likeness (QED) is 0.754. The summed E-state index contributed by atoms with van der Waals surface area (Å²) in [6, 6.07) is 0.393. The number of imidazole rings is 1. The lowest BCUT2D eigenvalue weighted by atomic mass is 10.5. The summed E-state index contributed by atoms with van der Waals surface area (Å²) in [6.07, 6.45) is 7.17. The average molecular weight is 261 g/mol. The van der Waals surface area contributed by atoms with Crippen LogP contribution in [-0.2, 0) is 0 Å². The molecule has 3 N–H and O–H groups in total. The average Bonchev–Trinajstić information content (AvgIpc) is 3.08. The van der Waals surface area contributed by atoms with Gasteiger partial charge in [-0.05, 0) is 12.8 Å². The molecule has 2 aromatic rings. The third kappa shape index (κ3) is 2.48. The lowest BCUT2D eigenvalue weighted by Gasteiger charge is -2.21. The molecule has 1 saturated carbocycles. The monoisotopic (exact) mass is 261 g/mol. The number of hydrogen-bond acceptors (Lipinski definition) is 7. The molecule has 2 heterocycles. The van der Waals surface area contributed by atoms with Gasteiger partial charge < -0.3 is 15.7 Å². The van der Waals surface area contributed by atoms with Crippen molar-refractivity contribution in [3.63, 3.8) is 0 Å². The number of aliphatic hydroxyl groups excluding tert-OH is 1. The van der Waals surface area contributed by atoms with Gasteiger partial charge in [-0.3, -0.25) is 4.57 Å². The Morgan fingerprint density at radius 2 is 2.21 bits per heavy atom. The highest BCUT2D eigenvalue weighted by atomic mass is 16.3. The van der Waals surface area contributed by atoms with Crippen LogP contribution in [0.15, 0.2) is 18.7 Å². The fraction of sp³-hybridized carbons (Fsp3) is 0.455. The number of aromatic nitrogens is 5. The van der Waals surface area contributed by atoms with E-state index in [0.29, 0.717) is 24.5 Å². The van der Waals surface area contributed by atoms with Crippen LogP contribution in [0.2, 0.25) is 0 Å². The Kier molecular flexibility index (Phi) is 3.00. The molecule has 1 aliphatic rings. The van der Waals surface area contributed by atoms with E-state index in [2.05, 4.69) is 19.9 Å². The SMILES string of the molecule is Nc1nc(N(CCO)C2CC2)nc(-n2ccnc2)n1. The Bertz CT molecular complexity index is 552. The standard InChI is InChI=1S/C11H15N7O/c12-9-14-10(17-4-3-13-7-17)16-11(15-9)18(5-6-19)8-1-2-8/h3-4,7-8,19H,1-2,5-6H2,(H2,12,14,15,16). The molecule has 8 heteroatoms. The van der Waals surface area contributed by atoms with Crippen molar-refractivity contribution in [2.45, 2.75) is 18.9 Å². The molecule has 1 aliphatic carbocycles. The maximum absolute atomic E-state index is 9.14. The summed E-state index contributed by atoms with van der Waals surface area (Å²) in [5.74, 6) is 1.11. The zero-order valence-electron chi connectivity index (χ0n) is 10.3. The van der Waals surface area contributed by atoms with E-state index in [1.165, 1.54) is 0 Å². The summed E-state index contributed by atoms with van der Waals surface area (Å²) < 4.78 is 1.67. The van der Waals surface area contributed by atoms with Crippen molar-refractivity contribution in [1.82, 2.24) is 24.5 Å². The molecule has 100 valence electrons. The van der Waals surface area contributed by atoms with Crippen LogP contribution in [0.25, 0.3) is 5.95 Å². The van der Waals surface area contributed by atoms with Crippen LogP contribution in [0.3, 0.4) is 0 Å². The molecule has 0 bridgehead atoms. The van der Waals surface area contributed by atoms with Gasteiger partial charge in [0, 0.05) is 25.0 Å². The van der Waals surface area contributed by atoms with Crippen molar-refractivity contribution in [3.05, 3.63) is 18.7 Å². The summed E-state index contributed by atoms with van der Waals surface area (Å²) >= 11 is 0. The van der Waals surface area contributed by atoms with Crippen LogP contribution < -0.4 is 10.6 Å². The summed E-state index contributed by atoms with van der Waals surface area (Å²) in [6.45, 7) is 0.556. The molecule has 0 amide bonds. The first-order valence-corrected chi connectivity index (χ1v) is 6.15. The van der Waals surface area contributed by atoms with Crippen LogP contribution in [0, 0.1) is 0 Å². The van der Waals surface area contributed by atoms with Gasteiger partial charge in [0.25, 0.3) is 0 Å². The number of nitrogen functional groups attached to an aromatic ring is 1. The number of anilines is 2. The molecular formula is C11H15N7O. The fourth-order valence-electron chi connectivity index (χ4n) is 1.93. The molecule has 8 nitrogen and oxygen atoms in total. The second-order valence-corrected chi connectivity index (χ2v) is 4.41. The van der Waals surface area contributed by atoms with E-state index in [0.717, 1.165) is 12.8 Å². The van der Waals surface area contributed by atoms with E-state index in [1.807, 2.05) is 4.90 Å². The highest BCUT2D eigenvalue weighted by Crippen LogP contribution is 2.29. The third-order valence-corrected chi connectivity index (χ3v) is 2.95. The van der Waals surface area contributed by atoms with Gasteiger partial charge in [-0.1, -0.05) is 0 Å². The summed E-state index contributed by atoms with van der Waals surface area (Å²) in [4.78, 5) is 18.6. The maximum Gasteiger partial charge on any atom is 0.241 e. The summed E-state index contributed by atoms with van der Waals surface area (Å²) in [5, 5.41) is 9.14.